The molecule has 19 heavy (non-hydrogen) atoms. The number of rotatable bonds is 4. The van der Waals surface area contributed by atoms with E-state index in [1.165, 1.54) is 0 Å². The van der Waals surface area contributed by atoms with Crippen LogP contribution in [-0.2, 0) is 4.74 Å². The third-order valence-corrected chi connectivity index (χ3v) is 3.76. The van der Waals surface area contributed by atoms with E-state index in [1.807, 2.05) is 0 Å². The second-order valence-electron chi connectivity index (χ2n) is 4.87. The van der Waals surface area contributed by atoms with Gasteiger partial charge in [0.15, 0.2) is 11.6 Å². The van der Waals surface area contributed by atoms with Crippen molar-refractivity contribution in [3.63, 3.8) is 0 Å². The molecule has 2 rings (SSSR count). The molecule has 0 amide bonds. The first-order chi connectivity index (χ1) is 9.08. The maximum Gasteiger partial charge on any atom is 0.160 e. The zero-order chi connectivity index (χ0) is 13.8. The molecule has 1 fully saturated rings. The Hall–Kier alpha value is -0.710. The fourth-order valence-corrected chi connectivity index (χ4v) is 2.60. The first kappa shape index (κ1) is 14.7. The van der Waals surface area contributed by atoms with Crippen molar-refractivity contribution in [1.29, 1.82) is 0 Å². The van der Waals surface area contributed by atoms with Gasteiger partial charge in [-0.3, -0.25) is 0 Å². The minimum absolute atomic E-state index is 0.0518. The number of hydrogen-bond acceptors (Lipinski definition) is 2. The molecule has 1 aliphatic heterocycles. The van der Waals surface area contributed by atoms with Gasteiger partial charge in [0.2, 0.25) is 0 Å². The van der Waals surface area contributed by atoms with Gasteiger partial charge in [0.05, 0.1) is 12.2 Å². The zero-order valence-corrected chi connectivity index (χ0v) is 11.3. The Morgan fingerprint density at radius 1 is 1.32 bits per heavy atom. The number of ether oxygens (including phenoxy) is 1. The molecule has 0 bridgehead atoms. The maximum atomic E-state index is 13.1. The number of benzene rings is 1. The van der Waals surface area contributed by atoms with Gasteiger partial charge in [-0.05, 0) is 44.2 Å². The van der Waals surface area contributed by atoms with Crippen LogP contribution < -0.4 is 0 Å². The lowest BCUT2D eigenvalue weighted by Crippen LogP contribution is -2.19. The summed E-state index contributed by atoms with van der Waals surface area (Å²) in [5.41, 5.74) is 0.233. The van der Waals surface area contributed by atoms with E-state index in [-0.39, 0.29) is 16.7 Å². The van der Waals surface area contributed by atoms with Gasteiger partial charge < -0.3 is 9.84 Å². The highest BCUT2D eigenvalue weighted by atomic mass is 35.5. The second kappa shape index (κ2) is 6.64. The summed E-state index contributed by atoms with van der Waals surface area (Å²) in [7, 11) is 0. The van der Waals surface area contributed by atoms with E-state index in [0.717, 1.165) is 38.0 Å². The Balaban J connectivity index is 1.95. The van der Waals surface area contributed by atoms with Crippen LogP contribution in [-0.4, -0.2) is 17.8 Å². The van der Waals surface area contributed by atoms with Crippen LogP contribution in [0.25, 0.3) is 0 Å². The van der Waals surface area contributed by atoms with E-state index < -0.39 is 17.7 Å². The zero-order valence-electron chi connectivity index (χ0n) is 10.5. The molecule has 0 radical (unpaired) electrons. The molecule has 0 aliphatic carbocycles. The van der Waals surface area contributed by atoms with Crippen LogP contribution >= 0.6 is 11.6 Å². The maximum absolute atomic E-state index is 13.1. The molecule has 2 nitrogen and oxygen atoms in total. The molecule has 1 heterocycles. The molecular weight excluding hydrogens is 274 g/mol. The lowest BCUT2D eigenvalue weighted by molar-refractivity contribution is 0.00211. The Labute approximate surface area is 116 Å². The minimum Gasteiger partial charge on any atom is -0.388 e. The minimum atomic E-state index is -1.00. The number of halogens is 3. The van der Waals surface area contributed by atoms with Crippen LogP contribution in [0.3, 0.4) is 0 Å². The summed E-state index contributed by atoms with van der Waals surface area (Å²) in [6, 6.07) is 1.86. The van der Waals surface area contributed by atoms with E-state index in [4.69, 9.17) is 16.3 Å². The Morgan fingerprint density at radius 3 is 2.74 bits per heavy atom. The standard InChI is InChI=1S/C14H17ClF2O2/c15-11-8-13(17)12(16)7-10(11)14(18)5-4-9-3-1-2-6-19-9/h7-9,14,18H,1-6H2. The van der Waals surface area contributed by atoms with Gasteiger partial charge in [-0.25, -0.2) is 8.78 Å². The Kier molecular flexibility index (Phi) is 5.13. The smallest absolute Gasteiger partial charge is 0.160 e. The van der Waals surface area contributed by atoms with Gasteiger partial charge in [-0.15, -0.1) is 0 Å². The molecule has 0 spiro atoms. The molecule has 5 heteroatoms. The van der Waals surface area contributed by atoms with Crippen molar-refractivity contribution in [3.05, 3.63) is 34.4 Å². The fraction of sp³-hybridized carbons (Fsp3) is 0.571. The summed E-state index contributed by atoms with van der Waals surface area (Å²) < 4.78 is 31.6. The normalized spacial score (nSPS) is 21.4. The summed E-state index contributed by atoms with van der Waals surface area (Å²) in [4.78, 5) is 0. The molecule has 1 saturated heterocycles. The third kappa shape index (κ3) is 3.88. The highest BCUT2D eigenvalue weighted by Crippen LogP contribution is 2.30. The predicted molar refractivity (Wildman–Crippen MR) is 69.2 cm³/mol. The molecule has 106 valence electrons. The number of aliphatic hydroxyl groups is 1. The van der Waals surface area contributed by atoms with Crippen LogP contribution in [0.2, 0.25) is 5.02 Å². The summed E-state index contributed by atoms with van der Waals surface area (Å²) in [5, 5.41) is 10.1. The predicted octanol–water partition coefficient (Wildman–Crippen LogP) is 4.00. The SMILES string of the molecule is OC(CCC1CCCCO1)c1cc(F)c(F)cc1Cl. The van der Waals surface area contributed by atoms with Gasteiger partial charge in [0.25, 0.3) is 0 Å². The van der Waals surface area contributed by atoms with Gasteiger partial charge in [0.1, 0.15) is 0 Å². The molecule has 1 N–H and O–H groups in total. The van der Waals surface area contributed by atoms with E-state index in [1.54, 1.807) is 0 Å². The quantitative estimate of drug-likeness (QED) is 0.849. The van der Waals surface area contributed by atoms with Crippen molar-refractivity contribution >= 4 is 11.6 Å². The molecule has 2 unspecified atom stereocenters. The van der Waals surface area contributed by atoms with Gasteiger partial charge in [-0.2, -0.15) is 0 Å². The van der Waals surface area contributed by atoms with E-state index in [2.05, 4.69) is 0 Å². The Bertz CT molecular complexity index is 434. The molecule has 0 aromatic heterocycles. The third-order valence-electron chi connectivity index (χ3n) is 3.43. The summed E-state index contributed by atoms with van der Waals surface area (Å²) in [6.07, 6.45) is 3.56. The van der Waals surface area contributed by atoms with Gasteiger partial charge >= 0.3 is 0 Å². The van der Waals surface area contributed by atoms with Crippen LogP contribution in [0.1, 0.15) is 43.8 Å². The number of aliphatic hydroxyl groups excluding tert-OH is 1. The average Bonchev–Trinajstić information content (AvgIpc) is 2.41. The first-order valence-electron chi connectivity index (χ1n) is 6.52. The highest BCUT2D eigenvalue weighted by molar-refractivity contribution is 6.31. The molecule has 0 saturated carbocycles. The van der Waals surface area contributed by atoms with Crippen molar-refractivity contribution in [2.75, 3.05) is 6.61 Å². The molecule has 1 aromatic rings. The summed E-state index contributed by atoms with van der Waals surface area (Å²) >= 11 is 5.82. The monoisotopic (exact) mass is 290 g/mol. The summed E-state index contributed by atoms with van der Waals surface area (Å²) in [6.45, 7) is 0.757. The van der Waals surface area contributed by atoms with Crippen molar-refractivity contribution in [2.45, 2.75) is 44.3 Å². The van der Waals surface area contributed by atoms with E-state index in [0.29, 0.717) is 12.8 Å². The average molecular weight is 291 g/mol. The van der Waals surface area contributed by atoms with Crippen molar-refractivity contribution in [3.8, 4) is 0 Å². The van der Waals surface area contributed by atoms with Crippen molar-refractivity contribution in [1.82, 2.24) is 0 Å². The van der Waals surface area contributed by atoms with Gasteiger partial charge in [0, 0.05) is 17.2 Å². The Morgan fingerprint density at radius 2 is 2.05 bits per heavy atom. The molecule has 1 aliphatic rings. The largest absolute Gasteiger partial charge is 0.388 e. The molecular formula is C14H17ClF2O2. The lowest BCUT2D eigenvalue weighted by atomic mass is 9.99. The van der Waals surface area contributed by atoms with Gasteiger partial charge in [-0.1, -0.05) is 11.6 Å². The molecule has 1 aromatic carbocycles. The highest BCUT2D eigenvalue weighted by Gasteiger charge is 2.19. The van der Waals surface area contributed by atoms with E-state index >= 15 is 0 Å². The van der Waals surface area contributed by atoms with Crippen LogP contribution in [0, 0.1) is 11.6 Å². The summed E-state index contributed by atoms with van der Waals surface area (Å²) in [5.74, 6) is -2.00. The van der Waals surface area contributed by atoms with E-state index in [9.17, 15) is 13.9 Å². The lowest BCUT2D eigenvalue weighted by Gasteiger charge is -2.23. The van der Waals surface area contributed by atoms with Crippen molar-refractivity contribution < 1.29 is 18.6 Å². The second-order valence-corrected chi connectivity index (χ2v) is 5.28. The fourth-order valence-electron chi connectivity index (χ4n) is 2.33. The number of hydrogen-bond donors (Lipinski definition) is 1. The van der Waals surface area contributed by atoms with Crippen LogP contribution in [0.4, 0.5) is 8.78 Å². The van der Waals surface area contributed by atoms with Crippen molar-refractivity contribution in [2.24, 2.45) is 0 Å². The first-order valence-corrected chi connectivity index (χ1v) is 6.90. The topological polar surface area (TPSA) is 29.5 Å². The van der Waals surface area contributed by atoms with Crippen LogP contribution in [0.15, 0.2) is 12.1 Å². The van der Waals surface area contributed by atoms with Crippen LogP contribution in [0.5, 0.6) is 0 Å². The molecule has 2 atom stereocenters.